The SMILES string of the molecule is Cl.N[C@H](c1ccc(F)cc1)c1cccs1. The lowest BCUT2D eigenvalue weighted by molar-refractivity contribution is 0.626. The Labute approximate surface area is 98.2 Å². The van der Waals surface area contributed by atoms with Crippen LogP contribution in [0.5, 0.6) is 0 Å². The molecule has 15 heavy (non-hydrogen) atoms. The third-order valence-electron chi connectivity index (χ3n) is 2.08. The van der Waals surface area contributed by atoms with Gasteiger partial charge in [0, 0.05) is 4.88 Å². The molecule has 0 radical (unpaired) electrons. The van der Waals surface area contributed by atoms with E-state index >= 15 is 0 Å². The van der Waals surface area contributed by atoms with Gasteiger partial charge in [0.15, 0.2) is 0 Å². The Morgan fingerprint density at radius 1 is 1.13 bits per heavy atom. The molecule has 4 heteroatoms. The Balaban J connectivity index is 0.00000112. The highest BCUT2D eigenvalue weighted by Crippen LogP contribution is 2.23. The van der Waals surface area contributed by atoms with Crippen LogP contribution in [0.25, 0.3) is 0 Å². The molecule has 0 bridgehead atoms. The van der Waals surface area contributed by atoms with E-state index in [1.54, 1.807) is 23.5 Å². The minimum absolute atomic E-state index is 0. The highest BCUT2D eigenvalue weighted by atomic mass is 35.5. The van der Waals surface area contributed by atoms with Crippen molar-refractivity contribution < 1.29 is 4.39 Å². The van der Waals surface area contributed by atoms with Crippen LogP contribution < -0.4 is 5.73 Å². The first-order valence-electron chi connectivity index (χ1n) is 4.32. The number of rotatable bonds is 2. The Bertz CT molecular complexity index is 399. The van der Waals surface area contributed by atoms with Gasteiger partial charge in [0.1, 0.15) is 5.82 Å². The van der Waals surface area contributed by atoms with Crippen LogP contribution in [0, 0.1) is 5.82 Å². The summed E-state index contributed by atoms with van der Waals surface area (Å²) in [6.07, 6.45) is 0. The number of benzene rings is 1. The van der Waals surface area contributed by atoms with E-state index in [0.29, 0.717) is 0 Å². The van der Waals surface area contributed by atoms with E-state index in [1.807, 2.05) is 17.5 Å². The molecule has 0 aliphatic rings. The third kappa shape index (κ3) is 2.78. The topological polar surface area (TPSA) is 26.0 Å². The summed E-state index contributed by atoms with van der Waals surface area (Å²) in [5.41, 5.74) is 6.94. The Morgan fingerprint density at radius 2 is 1.80 bits per heavy atom. The van der Waals surface area contributed by atoms with Crippen LogP contribution in [0.1, 0.15) is 16.5 Å². The largest absolute Gasteiger partial charge is 0.320 e. The lowest BCUT2D eigenvalue weighted by Crippen LogP contribution is -2.09. The van der Waals surface area contributed by atoms with Crippen molar-refractivity contribution in [3.8, 4) is 0 Å². The Kier molecular flexibility index (Phi) is 4.27. The van der Waals surface area contributed by atoms with Gasteiger partial charge in [0.25, 0.3) is 0 Å². The third-order valence-corrected chi connectivity index (χ3v) is 3.03. The fourth-order valence-electron chi connectivity index (χ4n) is 1.30. The summed E-state index contributed by atoms with van der Waals surface area (Å²) < 4.78 is 12.7. The van der Waals surface area contributed by atoms with Crippen molar-refractivity contribution in [1.82, 2.24) is 0 Å². The van der Waals surface area contributed by atoms with Crippen molar-refractivity contribution in [2.24, 2.45) is 5.73 Å². The number of halogens is 2. The minimum Gasteiger partial charge on any atom is -0.320 e. The van der Waals surface area contributed by atoms with Crippen molar-refractivity contribution >= 4 is 23.7 Å². The lowest BCUT2D eigenvalue weighted by atomic mass is 10.1. The first-order chi connectivity index (χ1) is 6.77. The molecule has 1 heterocycles. The van der Waals surface area contributed by atoms with Crippen LogP contribution in [0.2, 0.25) is 0 Å². The molecule has 2 rings (SSSR count). The zero-order valence-electron chi connectivity index (χ0n) is 7.89. The Morgan fingerprint density at radius 3 is 2.33 bits per heavy atom. The molecule has 2 aromatic rings. The molecule has 0 spiro atoms. The monoisotopic (exact) mass is 243 g/mol. The van der Waals surface area contributed by atoms with E-state index in [9.17, 15) is 4.39 Å². The minimum atomic E-state index is -0.230. The molecule has 0 unspecified atom stereocenters. The number of thiophene rings is 1. The number of hydrogen-bond donors (Lipinski definition) is 1. The van der Waals surface area contributed by atoms with Crippen molar-refractivity contribution in [3.63, 3.8) is 0 Å². The molecule has 0 amide bonds. The van der Waals surface area contributed by atoms with Gasteiger partial charge >= 0.3 is 0 Å². The fourth-order valence-corrected chi connectivity index (χ4v) is 2.06. The molecule has 80 valence electrons. The van der Waals surface area contributed by atoms with Gasteiger partial charge in [-0.2, -0.15) is 0 Å². The molecule has 0 saturated carbocycles. The van der Waals surface area contributed by atoms with Gasteiger partial charge in [-0.05, 0) is 29.1 Å². The van der Waals surface area contributed by atoms with Crippen LogP contribution in [-0.4, -0.2) is 0 Å². The lowest BCUT2D eigenvalue weighted by Gasteiger charge is -2.09. The summed E-state index contributed by atoms with van der Waals surface area (Å²) in [7, 11) is 0. The molecular weight excluding hydrogens is 233 g/mol. The highest BCUT2D eigenvalue weighted by molar-refractivity contribution is 7.10. The predicted octanol–water partition coefficient (Wildman–Crippen LogP) is 3.36. The summed E-state index contributed by atoms with van der Waals surface area (Å²) in [6, 6.07) is 10.1. The average molecular weight is 244 g/mol. The van der Waals surface area contributed by atoms with Crippen LogP contribution in [-0.2, 0) is 0 Å². The van der Waals surface area contributed by atoms with Gasteiger partial charge in [-0.25, -0.2) is 4.39 Å². The summed E-state index contributed by atoms with van der Waals surface area (Å²) in [5, 5.41) is 1.98. The van der Waals surface area contributed by atoms with Crippen molar-refractivity contribution in [1.29, 1.82) is 0 Å². The van der Waals surface area contributed by atoms with E-state index in [1.165, 1.54) is 12.1 Å². The van der Waals surface area contributed by atoms with Gasteiger partial charge in [-0.15, -0.1) is 23.7 Å². The molecule has 1 atom stereocenters. The molecule has 2 N–H and O–H groups in total. The normalized spacial score (nSPS) is 11.9. The maximum absolute atomic E-state index is 12.7. The number of hydrogen-bond acceptors (Lipinski definition) is 2. The van der Waals surface area contributed by atoms with Crippen molar-refractivity contribution in [2.45, 2.75) is 6.04 Å². The smallest absolute Gasteiger partial charge is 0.123 e. The quantitative estimate of drug-likeness (QED) is 0.860. The van der Waals surface area contributed by atoms with Gasteiger partial charge in [0.2, 0.25) is 0 Å². The van der Waals surface area contributed by atoms with Gasteiger partial charge in [-0.1, -0.05) is 18.2 Å². The maximum atomic E-state index is 12.7. The van der Waals surface area contributed by atoms with Gasteiger partial charge in [-0.3, -0.25) is 0 Å². The first-order valence-corrected chi connectivity index (χ1v) is 5.20. The van der Waals surface area contributed by atoms with E-state index in [-0.39, 0.29) is 24.3 Å². The molecule has 0 aliphatic heterocycles. The van der Waals surface area contributed by atoms with Crippen LogP contribution >= 0.6 is 23.7 Å². The van der Waals surface area contributed by atoms with E-state index in [2.05, 4.69) is 0 Å². The molecule has 0 saturated heterocycles. The summed E-state index contributed by atoms with van der Waals surface area (Å²) in [5.74, 6) is -0.230. The second-order valence-corrected chi connectivity index (χ2v) is 4.02. The predicted molar refractivity (Wildman–Crippen MR) is 64.0 cm³/mol. The van der Waals surface area contributed by atoms with Crippen molar-refractivity contribution in [2.75, 3.05) is 0 Å². The first kappa shape index (κ1) is 12.2. The second kappa shape index (κ2) is 5.26. The summed E-state index contributed by atoms with van der Waals surface area (Å²) in [4.78, 5) is 1.09. The van der Waals surface area contributed by atoms with Crippen LogP contribution in [0.4, 0.5) is 4.39 Å². The van der Waals surface area contributed by atoms with Crippen LogP contribution in [0.15, 0.2) is 41.8 Å². The van der Waals surface area contributed by atoms with Crippen molar-refractivity contribution in [3.05, 3.63) is 58.0 Å². The van der Waals surface area contributed by atoms with Crippen LogP contribution in [0.3, 0.4) is 0 Å². The van der Waals surface area contributed by atoms with Gasteiger partial charge in [0.05, 0.1) is 6.04 Å². The molecule has 1 aromatic heterocycles. The highest BCUT2D eigenvalue weighted by Gasteiger charge is 2.08. The second-order valence-electron chi connectivity index (χ2n) is 3.04. The molecule has 1 aromatic carbocycles. The average Bonchev–Trinajstić information content (AvgIpc) is 2.71. The number of nitrogens with two attached hydrogens (primary N) is 1. The molecular formula is C11H11ClFNS. The molecule has 0 fully saturated rings. The zero-order valence-corrected chi connectivity index (χ0v) is 9.52. The maximum Gasteiger partial charge on any atom is 0.123 e. The molecule has 1 nitrogen and oxygen atoms in total. The standard InChI is InChI=1S/C11H10FNS.ClH/c12-9-5-3-8(4-6-9)11(13)10-2-1-7-14-10;/h1-7,11H,13H2;1H/t11-;/m1./s1. The van der Waals surface area contributed by atoms with E-state index in [0.717, 1.165) is 10.4 Å². The zero-order chi connectivity index (χ0) is 9.97. The van der Waals surface area contributed by atoms with E-state index < -0.39 is 0 Å². The summed E-state index contributed by atoms with van der Waals surface area (Å²) in [6.45, 7) is 0. The van der Waals surface area contributed by atoms with E-state index in [4.69, 9.17) is 5.73 Å². The molecule has 0 aliphatic carbocycles. The summed E-state index contributed by atoms with van der Waals surface area (Å²) >= 11 is 1.61. The van der Waals surface area contributed by atoms with Gasteiger partial charge < -0.3 is 5.73 Å². The fraction of sp³-hybridized carbons (Fsp3) is 0.0909. The Hall–Kier alpha value is -0.900.